The number of nitrogens with zero attached hydrogens (tertiary/aromatic N) is 1. The summed E-state index contributed by atoms with van der Waals surface area (Å²) in [5, 5.41) is 3.20. The van der Waals surface area contributed by atoms with Crippen LogP contribution in [0.25, 0.3) is 0 Å². The third kappa shape index (κ3) is 0.635. The van der Waals surface area contributed by atoms with E-state index in [-0.39, 0.29) is 0 Å². The van der Waals surface area contributed by atoms with Gasteiger partial charge in [0.2, 0.25) is 0 Å². The normalized spacial score (nSPS) is 14.4. The average Bonchev–Trinajstić information content (AvgIpc) is 2.36. The number of nitrogens with two attached hydrogens (primary N) is 1. The van der Waals surface area contributed by atoms with E-state index in [0.717, 1.165) is 24.3 Å². The maximum Gasteiger partial charge on any atom is 0.0580 e. The second kappa shape index (κ2) is 1.87. The third-order valence-electron chi connectivity index (χ3n) is 1.78. The minimum atomic E-state index is 0.808. The number of pyridine rings is 1. The fourth-order valence-electron chi connectivity index (χ4n) is 1.26. The smallest absolute Gasteiger partial charge is 0.0580 e. The zero-order valence-corrected chi connectivity index (χ0v) is 5.59. The van der Waals surface area contributed by atoms with Crippen LogP contribution in [-0.4, -0.2) is 11.5 Å². The highest BCUT2D eigenvalue weighted by molar-refractivity contribution is 5.64. The minimum Gasteiger partial charge on any atom is -0.397 e. The van der Waals surface area contributed by atoms with Crippen LogP contribution >= 0.6 is 0 Å². The van der Waals surface area contributed by atoms with Gasteiger partial charge in [-0.3, -0.25) is 4.98 Å². The van der Waals surface area contributed by atoms with Gasteiger partial charge in [0.25, 0.3) is 0 Å². The number of nitrogens with one attached hydrogen (secondary N) is 1. The summed E-state index contributed by atoms with van der Waals surface area (Å²) in [4.78, 5) is 3.97. The van der Waals surface area contributed by atoms with Crippen molar-refractivity contribution in [2.45, 2.75) is 6.42 Å². The van der Waals surface area contributed by atoms with E-state index in [4.69, 9.17) is 5.73 Å². The monoisotopic (exact) mass is 135 g/mol. The number of rotatable bonds is 0. The van der Waals surface area contributed by atoms with E-state index >= 15 is 0 Å². The zero-order valence-electron chi connectivity index (χ0n) is 5.59. The predicted octanol–water partition coefficient (Wildman–Crippen LogP) is 0.632. The summed E-state index contributed by atoms with van der Waals surface area (Å²) in [7, 11) is 0. The molecule has 10 heavy (non-hydrogen) atoms. The van der Waals surface area contributed by atoms with Gasteiger partial charge in [0.15, 0.2) is 0 Å². The van der Waals surface area contributed by atoms with E-state index in [9.17, 15) is 0 Å². The first kappa shape index (κ1) is 5.53. The number of fused-ring (bicyclic) bond motifs is 1. The molecular weight excluding hydrogens is 126 g/mol. The number of hydrogen-bond donors (Lipinski definition) is 2. The SMILES string of the molecule is Nc1cncc2c1CCN2. The molecule has 2 heterocycles. The lowest BCUT2D eigenvalue weighted by Gasteiger charge is -1.99. The van der Waals surface area contributed by atoms with Crippen LogP contribution in [0.5, 0.6) is 0 Å². The summed E-state index contributed by atoms with van der Waals surface area (Å²) in [6.45, 7) is 0.991. The number of nitrogen functional groups attached to an aromatic ring is 1. The lowest BCUT2D eigenvalue weighted by molar-refractivity contribution is 1.11. The highest BCUT2D eigenvalue weighted by atomic mass is 14.9. The van der Waals surface area contributed by atoms with Crippen molar-refractivity contribution in [3.8, 4) is 0 Å². The first-order chi connectivity index (χ1) is 4.88. The first-order valence-electron chi connectivity index (χ1n) is 3.34. The second-order valence-corrected chi connectivity index (χ2v) is 2.43. The van der Waals surface area contributed by atoms with E-state index in [1.165, 1.54) is 5.56 Å². The Hall–Kier alpha value is -1.25. The Kier molecular flexibility index (Phi) is 1.03. The molecule has 3 N–H and O–H groups in total. The first-order valence-corrected chi connectivity index (χ1v) is 3.34. The Balaban J connectivity index is 2.59. The maximum atomic E-state index is 5.67. The van der Waals surface area contributed by atoms with Crippen molar-refractivity contribution in [2.75, 3.05) is 17.6 Å². The molecule has 0 amide bonds. The molecule has 1 aromatic heterocycles. The molecule has 0 aromatic carbocycles. The minimum absolute atomic E-state index is 0.808. The molecule has 1 aromatic rings. The fourth-order valence-corrected chi connectivity index (χ4v) is 1.26. The summed E-state index contributed by atoms with van der Waals surface area (Å²) >= 11 is 0. The maximum absolute atomic E-state index is 5.67. The standard InChI is InChI=1S/C7H9N3/c8-6-3-9-4-7-5(6)1-2-10-7/h3-4,10H,1-2,8H2. The lowest BCUT2D eigenvalue weighted by atomic mass is 10.2. The van der Waals surface area contributed by atoms with Gasteiger partial charge in [-0.2, -0.15) is 0 Å². The molecule has 0 saturated heterocycles. The molecule has 2 rings (SSSR count). The number of hydrogen-bond acceptors (Lipinski definition) is 3. The molecule has 0 saturated carbocycles. The summed E-state index contributed by atoms with van der Waals surface area (Å²) in [6.07, 6.45) is 4.55. The van der Waals surface area contributed by atoms with Gasteiger partial charge in [-0.25, -0.2) is 0 Å². The topological polar surface area (TPSA) is 50.9 Å². The molecular formula is C7H9N3. The van der Waals surface area contributed by atoms with Gasteiger partial charge < -0.3 is 11.1 Å². The Morgan fingerprint density at radius 2 is 2.40 bits per heavy atom. The van der Waals surface area contributed by atoms with Crippen LogP contribution < -0.4 is 11.1 Å². The van der Waals surface area contributed by atoms with Crippen molar-refractivity contribution in [1.82, 2.24) is 4.98 Å². The van der Waals surface area contributed by atoms with Crippen LogP contribution in [0.4, 0.5) is 11.4 Å². The Morgan fingerprint density at radius 3 is 3.20 bits per heavy atom. The molecule has 52 valence electrons. The largest absolute Gasteiger partial charge is 0.397 e. The fraction of sp³-hybridized carbons (Fsp3) is 0.286. The predicted molar refractivity (Wildman–Crippen MR) is 40.8 cm³/mol. The molecule has 0 aliphatic carbocycles. The Bertz CT molecular complexity index is 257. The molecule has 1 aliphatic heterocycles. The molecule has 0 fully saturated rings. The molecule has 0 spiro atoms. The molecule has 0 bridgehead atoms. The molecule has 1 aliphatic rings. The van der Waals surface area contributed by atoms with Crippen LogP contribution in [0.3, 0.4) is 0 Å². The van der Waals surface area contributed by atoms with Crippen molar-refractivity contribution < 1.29 is 0 Å². The van der Waals surface area contributed by atoms with E-state index in [2.05, 4.69) is 10.3 Å². The van der Waals surface area contributed by atoms with Crippen molar-refractivity contribution in [2.24, 2.45) is 0 Å². The molecule has 0 atom stereocenters. The second-order valence-electron chi connectivity index (χ2n) is 2.43. The van der Waals surface area contributed by atoms with Crippen LogP contribution in [0.15, 0.2) is 12.4 Å². The lowest BCUT2D eigenvalue weighted by Crippen LogP contribution is -1.91. The van der Waals surface area contributed by atoms with Gasteiger partial charge in [0.05, 0.1) is 23.8 Å². The Labute approximate surface area is 59.3 Å². The summed E-state index contributed by atoms with van der Waals surface area (Å²) < 4.78 is 0. The highest BCUT2D eigenvalue weighted by Gasteiger charge is 2.11. The number of aromatic nitrogens is 1. The molecule has 0 unspecified atom stereocenters. The molecule has 3 heteroatoms. The van der Waals surface area contributed by atoms with Gasteiger partial charge in [0, 0.05) is 12.1 Å². The zero-order chi connectivity index (χ0) is 6.97. The third-order valence-corrected chi connectivity index (χ3v) is 1.78. The average molecular weight is 135 g/mol. The summed E-state index contributed by atoms with van der Waals surface area (Å²) in [6, 6.07) is 0. The van der Waals surface area contributed by atoms with Crippen LogP contribution in [0.1, 0.15) is 5.56 Å². The van der Waals surface area contributed by atoms with Crippen molar-refractivity contribution in [1.29, 1.82) is 0 Å². The van der Waals surface area contributed by atoms with Crippen LogP contribution in [0.2, 0.25) is 0 Å². The van der Waals surface area contributed by atoms with Gasteiger partial charge in [-0.05, 0) is 6.42 Å². The summed E-state index contributed by atoms with van der Waals surface area (Å²) in [5.41, 5.74) is 8.79. The van der Waals surface area contributed by atoms with Crippen LogP contribution in [0, 0.1) is 0 Å². The van der Waals surface area contributed by atoms with Crippen molar-refractivity contribution in [3.63, 3.8) is 0 Å². The summed E-state index contributed by atoms with van der Waals surface area (Å²) in [5.74, 6) is 0. The van der Waals surface area contributed by atoms with Gasteiger partial charge in [-0.15, -0.1) is 0 Å². The number of anilines is 2. The molecule has 3 nitrogen and oxygen atoms in total. The van der Waals surface area contributed by atoms with Gasteiger partial charge in [-0.1, -0.05) is 0 Å². The van der Waals surface area contributed by atoms with Gasteiger partial charge >= 0.3 is 0 Å². The van der Waals surface area contributed by atoms with E-state index in [1.807, 2.05) is 6.20 Å². The highest BCUT2D eigenvalue weighted by Crippen LogP contribution is 2.25. The van der Waals surface area contributed by atoms with E-state index in [0.29, 0.717) is 0 Å². The van der Waals surface area contributed by atoms with Crippen molar-refractivity contribution >= 4 is 11.4 Å². The van der Waals surface area contributed by atoms with Gasteiger partial charge in [0.1, 0.15) is 0 Å². The van der Waals surface area contributed by atoms with Crippen molar-refractivity contribution in [3.05, 3.63) is 18.0 Å². The molecule has 0 radical (unpaired) electrons. The van der Waals surface area contributed by atoms with Crippen LogP contribution in [-0.2, 0) is 6.42 Å². The Morgan fingerprint density at radius 1 is 1.50 bits per heavy atom. The quantitative estimate of drug-likeness (QED) is 0.548. The van der Waals surface area contributed by atoms with E-state index < -0.39 is 0 Å². The van der Waals surface area contributed by atoms with E-state index in [1.54, 1.807) is 6.20 Å².